The number of allylic oxidation sites excluding steroid dienone is 1. The number of likely N-dealkylation sites (N-methyl/N-ethyl adjacent to an activating group) is 1. The van der Waals surface area contributed by atoms with Gasteiger partial charge in [0, 0.05) is 92.3 Å². The van der Waals surface area contributed by atoms with E-state index in [-0.39, 0.29) is 43.5 Å². The molecule has 0 N–H and O–H groups in total. The minimum Gasteiger partial charge on any atom is -0.473 e. The number of rotatable bonds is 12. The quantitative estimate of drug-likeness (QED) is 0.147. The van der Waals surface area contributed by atoms with Gasteiger partial charge in [-0.25, -0.2) is 9.37 Å². The van der Waals surface area contributed by atoms with Crippen LogP contribution in [-0.2, 0) is 11.4 Å². The number of anilines is 1. The van der Waals surface area contributed by atoms with Crippen molar-refractivity contribution >= 4 is 23.6 Å². The summed E-state index contributed by atoms with van der Waals surface area (Å²) in [5.41, 5.74) is 5.46. The van der Waals surface area contributed by atoms with Crippen LogP contribution in [0.5, 0.6) is 5.88 Å². The number of carbonyl (C=O) groups excluding carboxylic acids is 1. The van der Waals surface area contributed by atoms with E-state index in [4.69, 9.17) is 21.3 Å². The van der Waals surface area contributed by atoms with Crippen molar-refractivity contribution in [2.24, 2.45) is 0 Å². The van der Waals surface area contributed by atoms with E-state index in [2.05, 4.69) is 80.5 Å². The van der Waals surface area contributed by atoms with E-state index in [1.54, 1.807) is 12.1 Å². The van der Waals surface area contributed by atoms with Gasteiger partial charge in [0.2, 0.25) is 5.88 Å². The normalized spacial score (nSPS) is 13.1. The number of piperidine rings is 1. The van der Waals surface area contributed by atoms with Crippen LogP contribution in [0.2, 0.25) is 5.02 Å². The van der Waals surface area contributed by atoms with Crippen molar-refractivity contribution in [3.8, 4) is 31.6 Å². The Morgan fingerprint density at radius 3 is 2.41 bits per heavy atom. The van der Waals surface area contributed by atoms with Gasteiger partial charge in [0.15, 0.2) is 0 Å². The second-order valence-electron chi connectivity index (χ2n) is 10.7. The van der Waals surface area contributed by atoms with E-state index >= 15 is 0 Å². The van der Waals surface area contributed by atoms with E-state index in [9.17, 15) is 9.18 Å². The van der Waals surface area contributed by atoms with Gasteiger partial charge in [0.05, 0.1) is 12.8 Å². The molecule has 3 aromatic rings. The first-order chi connectivity index (χ1) is 21.8. The molecule has 0 radical (unpaired) electrons. The zero-order valence-electron chi connectivity index (χ0n) is 27.2. The number of aromatic nitrogens is 1. The van der Waals surface area contributed by atoms with Gasteiger partial charge in [-0.15, -0.1) is 43.4 Å². The minimum absolute atomic E-state index is 0. The minimum atomic E-state index is -0.381. The summed E-state index contributed by atoms with van der Waals surface area (Å²) in [5, 5.41) is 0.363. The molecule has 0 atom stereocenters. The van der Waals surface area contributed by atoms with E-state index < -0.39 is 0 Å². The fraction of sp³-hybridized carbons (Fsp3) is 0.351. The molecule has 0 saturated carbocycles. The second kappa shape index (κ2) is 21.5. The van der Waals surface area contributed by atoms with Crippen molar-refractivity contribution in [1.29, 1.82) is 0 Å². The molecule has 1 aliphatic rings. The number of terminal acetylenes is 2. The summed E-state index contributed by atoms with van der Waals surface area (Å²) in [5.74, 6) is 0.470. The van der Waals surface area contributed by atoms with Crippen molar-refractivity contribution in [2.45, 2.75) is 39.2 Å². The number of benzene rings is 2. The Balaban J connectivity index is 0.00000203. The van der Waals surface area contributed by atoms with Crippen molar-refractivity contribution in [3.05, 3.63) is 99.6 Å². The van der Waals surface area contributed by atoms with E-state index in [1.165, 1.54) is 11.8 Å². The molecule has 46 heavy (non-hydrogen) atoms. The van der Waals surface area contributed by atoms with Gasteiger partial charge < -0.3 is 24.2 Å². The van der Waals surface area contributed by atoms with Gasteiger partial charge in [0.25, 0.3) is 0 Å². The van der Waals surface area contributed by atoms with Crippen LogP contribution in [0.15, 0.2) is 66.4 Å². The number of likely N-dealkylation sites (tertiary alicyclic amines) is 1. The summed E-state index contributed by atoms with van der Waals surface area (Å²) < 4.78 is 19.9. The maximum atomic E-state index is 14.1. The van der Waals surface area contributed by atoms with Crippen LogP contribution in [0.25, 0.3) is 0 Å². The summed E-state index contributed by atoms with van der Waals surface area (Å²) in [7, 11) is 4.12. The number of aryl methyl sites for hydroxylation is 1. The maximum absolute atomic E-state index is 14.1. The van der Waals surface area contributed by atoms with Crippen LogP contribution in [0.4, 0.5) is 10.1 Å². The molecule has 2 aromatic carbocycles. The fourth-order valence-electron chi connectivity index (χ4n) is 5.23. The molecule has 1 fully saturated rings. The average molecular weight is 868 g/mol. The molecule has 9 heteroatoms. The van der Waals surface area contributed by atoms with E-state index in [0.29, 0.717) is 27.9 Å². The Morgan fingerprint density at radius 1 is 1.11 bits per heavy atom. The topological polar surface area (TPSA) is 48.9 Å². The molecule has 4 rings (SSSR count). The summed E-state index contributed by atoms with van der Waals surface area (Å²) >= 11 is 5.85. The van der Waals surface area contributed by atoms with E-state index in [0.717, 1.165) is 62.5 Å². The number of hydrogen-bond acceptors (Lipinski definition) is 6. The molecule has 6 nitrogen and oxygen atoms in total. The van der Waals surface area contributed by atoms with Crippen LogP contribution < -0.4 is 9.64 Å². The summed E-state index contributed by atoms with van der Waals surface area (Å²) in [6.45, 7) is 8.74. The number of pyridine rings is 1. The van der Waals surface area contributed by atoms with Gasteiger partial charge in [-0.1, -0.05) is 35.4 Å². The maximum Gasteiger partial charge on any atom is 0.213 e. The third-order valence-electron chi connectivity index (χ3n) is 7.76. The summed E-state index contributed by atoms with van der Waals surface area (Å²) in [6, 6.07) is 16.2. The Hall–Kier alpha value is -3.25. The number of ether oxygens (including phenoxy) is 1. The summed E-state index contributed by atoms with van der Waals surface area (Å²) in [4.78, 5) is 23.1. The van der Waals surface area contributed by atoms with Crippen molar-refractivity contribution < 1.29 is 45.0 Å². The van der Waals surface area contributed by atoms with Gasteiger partial charge in [-0.2, -0.15) is 6.07 Å². The number of nitrogens with zero attached hydrogens (tertiary/aromatic N) is 4. The van der Waals surface area contributed by atoms with Crippen LogP contribution in [0, 0.1) is 69.5 Å². The fourth-order valence-corrected chi connectivity index (χ4v) is 5.39. The van der Waals surface area contributed by atoms with Crippen molar-refractivity contribution in [2.75, 3.05) is 51.7 Å². The molecular formula is C37H43ClFN4O2U-. The van der Waals surface area contributed by atoms with Gasteiger partial charge >= 0.3 is 0 Å². The molecule has 1 aliphatic heterocycles. The Bertz CT molecular complexity index is 1450. The molecule has 0 bridgehead atoms. The molecular weight excluding hydrogens is 825 g/mol. The Labute approximate surface area is 303 Å². The second-order valence-corrected chi connectivity index (χ2v) is 11.2. The first kappa shape index (κ1) is 40.8. The standard InChI is InChI=1S/C33H39ClFN4O2.2C2H2.U/c1-5-29(37(3)4)21-39(32-19-25(22-40)10-9-24(32)2)18-17-38-15-13-26(14-16-38)31-7-6-8-33(36-31)41-23-27-11-12-28(34)20-30(27)35;2*1-2;/h5-12,19-20,26H,13-18,21,23H2,1-4H3;2*1-2H;/q-1;;;/b29-5-;;;. The Kier molecular flexibility index (Phi) is 19.1. The molecule has 0 spiro atoms. The third kappa shape index (κ3) is 12.2. The van der Waals surface area contributed by atoms with Crippen LogP contribution in [0.3, 0.4) is 0 Å². The van der Waals surface area contributed by atoms with Crippen molar-refractivity contribution in [1.82, 2.24) is 14.8 Å². The molecule has 1 saturated heterocycles. The van der Waals surface area contributed by atoms with Gasteiger partial charge in [-0.05, 0) is 63.7 Å². The third-order valence-corrected chi connectivity index (χ3v) is 7.99. The number of hydrogen-bond donors (Lipinski definition) is 0. The monoisotopic (exact) mass is 867 g/mol. The van der Waals surface area contributed by atoms with Crippen LogP contribution >= 0.6 is 11.6 Å². The molecule has 0 unspecified atom stereocenters. The van der Waals surface area contributed by atoms with Crippen LogP contribution in [-0.4, -0.2) is 67.9 Å². The van der Waals surface area contributed by atoms with Gasteiger partial charge in [0.1, 0.15) is 12.4 Å². The zero-order valence-corrected chi connectivity index (χ0v) is 32.1. The first-order valence-corrected chi connectivity index (χ1v) is 15.1. The van der Waals surface area contributed by atoms with Crippen molar-refractivity contribution in [3.63, 3.8) is 0 Å². The SMILES string of the molecule is C#C.C#C.C/C=C(/CN(CCN1CCC(c2cccc(OCc3ccc(Cl)cc3F)n2)CC1)c1cc([C-]=O)ccc1C)N(C)C.[U]. The predicted molar refractivity (Wildman–Crippen MR) is 184 cm³/mol. The smallest absolute Gasteiger partial charge is 0.213 e. The van der Waals surface area contributed by atoms with Gasteiger partial charge in [-0.3, -0.25) is 0 Å². The zero-order chi connectivity index (χ0) is 33.4. The molecule has 0 amide bonds. The molecule has 242 valence electrons. The first-order valence-electron chi connectivity index (χ1n) is 14.8. The predicted octanol–water partition coefficient (Wildman–Crippen LogP) is 6.87. The molecule has 2 heterocycles. The largest absolute Gasteiger partial charge is 0.473 e. The van der Waals surface area contributed by atoms with Crippen LogP contribution in [0.1, 0.15) is 48.1 Å². The molecule has 1 aromatic heterocycles. The number of halogens is 2. The summed E-state index contributed by atoms with van der Waals surface area (Å²) in [6.07, 6.45) is 22.2. The Morgan fingerprint density at radius 2 is 1.80 bits per heavy atom. The molecule has 0 aliphatic carbocycles. The average Bonchev–Trinajstić information content (AvgIpc) is 3.07. The van der Waals surface area contributed by atoms with E-state index in [1.807, 2.05) is 36.6 Å².